The fraction of sp³-hybridized carbons (Fsp3) is 0.667. The smallest absolute Gasteiger partial charge is 0.119 e. The number of hydrogen-bond donors (Lipinski definition) is 1. The lowest BCUT2D eigenvalue weighted by Gasteiger charge is -2.31. The average Bonchev–Trinajstić information content (AvgIpc) is 2.47. The molecule has 2 heteroatoms. The third-order valence-corrected chi connectivity index (χ3v) is 4.51. The van der Waals surface area contributed by atoms with E-state index in [1.54, 1.807) is 0 Å². The van der Waals surface area contributed by atoms with Crippen LogP contribution in [-0.2, 0) is 0 Å². The lowest BCUT2D eigenvalue weighted by atomic mass is 9.77. The maximum atomic E-state index is 10.5. The van der Waals surface area contributed by atoms with Gasteiger partial charge in [0.15, 0.2) is 0 Å². The van der Waals surface area contributed by atoms with Gasteiger partial charge in [0.1, 0.15) is 5.75 Å². The Kier molecular flexibility index (Phi) is 5.47. The number of aliphatic hydroxyl groups excluding tert-OH is 1. The van der Waals surface area contributed by atoms with Gasteiger partial charge in [-0.2, -0.15) is 0 Å². The minimum atomic E-state index is -0.319. The van der Waals surface area contributed by atoms with E-state index in [2.05, 4.69) is 6.92 Å². The first kappa shape index (κ1) is 15.4. The molecule has 1 fully saturated rings. The molecular weight excluding hydrogens is 248 g/mol. The van der Waals surface area contributed by atoms with Crippen molar-refractivity contribution in [3.8, 4) is 5.75 Å². The highest BCUT2D eigenvalue weighted by Gasteiger charge is 2.26. The molecule has 2 rings (SSSR count). The fourth-order valence-electron chi connectivity index (χ4n) is 3.20. The van der Waals surface area contributed by atoms with Gasteiger partial charge in [0.25, 0.3) is 0 Å². The number of benzene rings is 1. The minimum Gasteiger partial charge on any atom is -0.491 e. The number of rotatable bonds is 5. The van der Waals surface area contributed by atoms with E-state index in [0.717, 1.165) is 30.1 Å². The van der Waals surface area contributed by atoms with Gasteiger partial charge in [0, 0.05) is 0 Å². The molecule has 0 amide bonds. The monoisotopic (exact) mass is 276 g/mol. The predicted octanol–water partition coefficient (Wildman–Crippen LogP) is 4.72. The molecule has 112 valence electrons. The van der Waals surface area contributed by atoms with Gasteiger partial charge >= 0.3 is 0 Å². The lowest BCUT2D eigenvalue weighted by molar-refractivity contribution is 0.0729. The van der Waals surface area contributed by atoms with Crippen molar-refractivity contribution in [2.75, 3.05) is 0 Å². The summed E-state index contributed by atoms with van der Waals surface area (Å²) in [6, 6.07) is 7.95. The number of aliphatic hydroxyl groups is 1. The van der Waals surface area contributed by atoms with Crippen molar-refractivity contribution in [2.24, 2.45) is 11.8 Å². The summed E-state index contributed by atoms with van der Waals surface area (Å²) in [5.74, 6) is 2.18. The molecule has 1 unspecified atom stereocenters. The van der Waals surface area contributed by atoms with Crippen molar-refractivity contribution in [2.45, 2.75) is 65.1 Å². The van der Waals surface area contributed by atoms with Gasteiger partial charge in [-0.3, -0.25) is 0 Å². The molecule has 0 aliphatic heterocycles. The standard InChI is InChI=1S/C18H28O2/c1-4-14-5-7-15(8-6-14)18(19)16-9-11-17(12-10-16)20-13(2)3/h9-15,18-19H,4-8H2,1-3H3. The van der Waals surface area contributed by atoms with Crippen LogP contribution in [0.3, 0.4) is 0 Å². The zero-order valence-corrected chi connectivity index (χ0v) is 13.0. The van der Waals surface area contributed by atoms with Crippen LogP contribution in [0.1, 0.15) is 64.5 Å². The van der Waals surface area contributed by atoms with E-state index in [-0.39, 0.29) is 12.2 Å². The Labute approximate surface area is 123 Å². The molecule has 1 aromatic rings. The molecule has 20 heavy (non-hydrogen) atoms. The van der Waals surface area contributed by atoms with Crippen molar-refractivity contribution in [3.63, 3.8) is 0 Å². The first-order valence-electron chi connectivity index (χ1n) is 8.04. The molecule has 0 spiro atoms. The van der Waals surface area contributed by atoms with Crippen molar-refractivity contribution >= 4 is 0 Å². The SMILES string of the molecule is CCC1CCC(C(O)c2ccc(OC(C)C)cc2)CC1. The third kappa shape index (κ3) is 3.99. The predicted molar refractivity (Wildman–Crippen MR) is 82.9 cm³/mol. The molecule has 1 saturated carbocycles. The molecule has 0 radical (unpaired) electrons. The summed E-state index contributed by atoms with van der Waals surface area (Å²) in [6.45, 7) is 6.32. The van der Waals surface area contributed by atoms with Crippen LogP contribution in [0.4, 0.5) is 0 Å². The highest BCUT2D eigenvalue weighted by Crippen LogP contribution is 2.38. The Balaban J connectivity index is 1.94. The molecule has 0 heterocycles. The molecule has 1 aliphatic rings. The largest absolute Gasteiger partial charge is 0.491 e. The van der Waals surface area contributed by atoms with E-state index in [1.165, 1.54) is 19.3 Å². The van der Waals surface area contributed by atoms with Crippen molar-refractivity contribution in [3.05, 3.63) is 29.8 Å². The van der Waals surface area contributed by atoms with Crippen LogP contribution in [0.25, 0.3) is 0 Å². The molecular formula is C18H28O2. The van der Waals surface area contributed by atoms with E-state index in [1.807, 2.05) is 38.1 Å². The first-order valence-corrected chi connectivity index (χ1v) is 8.04. The van der Waals surface area contributed by atoms with Crippen LogP contribution in [0, 0.1) is 11.8 Å². The second-order valence-corrected chi connectivity index (χ2v) is 6.37. The molecule has 0 bridgehead atoms. The van der Waals surface area contributed by atoms with Crippen LogP contribution >= 0.6 is 0 Å². The summed E-state index contributed by atoms with van der Waals surface area (Å²) in [5, 5.41) is 10.5. The van der Waals surface area contributed by atoms with Gasteiger partial charge in [-0.05, 0) is 56.2 Å². The Hall–Kier alpha value is -1.02. The number of hydrogen-bond acceptors (Lipinski definition) is 2. The highest BCUT2D eigenvalue weighted by atomic mass is 16.5. The molecule has 1 N–H and O–H groups in total. The van der Waals surface area contributed by atoms with E-state index in [9.17, 15) is 5.11 Å². The highest BCUT2D eigenvalue weighted by molar-refractivity contribution is 5.29. The Bertz CT molecular complexity index is 388. The van der Waals surface area contributed by atoms with Gasteiger partial charge < -0.3 is 9.84 Å². The first-order chi connectivity index (χ1) is 9.60. The molecule has 1 aromatic carbocycles. The third-order valence-electron chi connectivity index (χ3n) is 4.51. The zero-order chi connectivity index (χ0) is 14.5. The van der Waals surface area contributed by atoms with E-state index < -0.39 is 0 Å². The van der Waals surface area contributed by atoms with Crippen LogP contribution in [0.15, 0.2) is 24.3 Å². The van der Waals surface area contributed by atoms with E-state index in [4.69, 9.17) is 4.74 Å². The van der Waals surface area contributed by atoms with Gasteiger partial charge in [0.2, 0.25) is 0 Å². The van der Waals surface area contributed by atoms with E-state index >= 15 is 0 Å². The molecule has 2 nitrogen and oxygen atoms in total. The van der Waals surface area contributed by atoms with E-state index in [0.29, 0.717) is 5.92 Å². The fourth-order valence-corrected chi connectivity index (χ4v) is 3.20. The summed E-state index contributed by atoms with van der Waals surface area (Å²) in [6.07, 6.45) is 6.01. The molecule has 0 saturated heterocycles. The average molecular weight is 276 g/mol. The molecule has 1 atom stereocenters. The lowest BCUT2D eigenvalue weighted by Crippen LogP contribution is -2.20. The molecule has 1 aliphatic carbocycles. The Morgan fingerprint density at radius 3 is 2.20 bits per heavy atom. The number of ether oxygens (including phenoxy) is 1. The topological polar surface area (TPSA) is 29.5 Å². The van der Waals surface area contributed by atoms with Gasteiger partial charge in [-0.25, -0.2) is 0 Å². The Morgan fingerprint density at radius 1 is 1.10 bits per heavy atom. The molecule has 0 aromatic heterocycles. The second-order valence-electron chi connectivity index (χ2n) is 6.37. The second kappa shape index (κ2) is 7.12. The quantitative estimate of drug-likeness (QED) is 0.843. The van der Waals surface area contributed by atoms with Crippen LogP contribution in [0.5, 0.6) is 5.75 Å². The van der Waals surface area contributed by atoms with Crippen LogP contribution in [-0.4, -0.2) is 11.2 Å². The summed E-state index contributed by atoms with van der Waals surface area (Å²) < 4.78 is 5.64. The summed E-state index contributed by atoms with van der Waals surface area (Å²) in [4.78, 5) is 0. The normalized spacial score (nSPS) is 24.6. The van der Waals surface area contributed by atoms with Crippen molar-refractivity contribution in [1.82, 2.24) is 0 Å². The van der Waals surface area contributed by atoms with Crippen LogP contribution < -0.4 is 4.74 Å². The maximum Gasteiger partial charge on any atom is 0.119 e. The summed E-state index contributed by atoms with van der Waals surface area (Å²) >= 11 is 0. The summed E-state index contributed by atoms with van der Waals surface area (Å²) in [5.41, 5.74) is 1.03. The van der Waals surface area contributed by atoms with Crippen molar-refractivity contribution in [1.29, 1.82) is 0 Å². The van der Waals surface area contributed by atoms with Gasteiger partial charge in [0.05, 0.1) is 12.2 Å². The maximum absolute atomic E-state index is 10.5. The summed E-state index contributed by atoms with van der Waals surface area (Å²) in [7, 11) is 0. The van der Waals surface area contributed by atoms with Gasteiger partial charge in [-0.1, -0.05) is 38.3 Å². The Morgan fingerprint density at radius 2 is 1.70 bits per heavy atom. The van der Waals surface area contributed by atoms with Crippen LogP contribution in [0.2, 0.25) is 0 Å². The van der Waals surface area contributed by atoms with Crippen molar-refractivity contribution < 1.29 is 9.84 Å². The van der Waals surface area contributed by atoms with Gasteiger partial charge in [-0.15, -0.1) is 0 Å². The minimum absolute atomic E-state index is 0.190. The zero-order valence-electron chi connectivity index (χ0n) is 13.0.